The largest absolute Gasteiger partial charge is 0.489 e. The first-order valence-electron chi connectivity index (χ1n) is 8.62. The maximum absolute atomic E-state index is 13.7. The van der Waals surface area contributed by atoms with Crippen LogP contribution >= 0.6 is 0 Å². The maximum atomic E-state index is 13.7. The van der Waals surface area contributed by atoms with Crippen LogP contribution in [0.2, 0.25) is 0 Å². The molecule has 0 aliphatic rings. The van der Waals surface area contributed by atoms with Gasteiger partial charge in [-0.1, -0.05) is 18.2 Å². The van der Waals surface area contributed by atoms with Crippen molar-refractivity contribution in [2.24, 2.45) is 0 Å². The lowest BCUT2D eigenvalue weighted by Gasteiger charge is -2.19. The predicted molar refractivity (Wildman–Crippen MR) is 99.9 cm³/mol. The van der Waals surface area contributed by atoms with E-state index in [1.54, 1.807) is 39.0 Å². The highest BCUT2D eigenvalue weighted by Crippen LogP contribution is 2.25. The highest BCUT2D eigenvalue weighted by atomic mass is 19.1. The summed E-state index contributed by atoms with van der Waals surface area (Å²) in [7, 11) is 1.25. The number of carbonyl (C=O) groups is 2. The van der Waals surface area contributed by atoms with Gasteiger partial charge in [-0.3, -0.25) is 0 Å². The molecule has 2 rings (SSSR count). The number of halogens is 1. The third-order valence-corrected chi connectivity index (χ3v) is 3.43. The van der Waals surface area contributed by atoms with Crippen molar-refractivity contribution < 1.29 is 32.9 Å². The summed E-state index contributed by atoms with van der Waals surface area (Å²) in [4.78, 5) is 23.7. The lowest BCUT2D eigenvalue weighted by Crippen LogP contribution is -2.27. The summed E-state index contributed by atoms with van der Waals surface area (Å²) in [6.45, 7) is 4.86. The SMILES string of the molecule is COC(=O)c1cc(OCC(=O)OC(C)(C)C)cc(OCc2ccccc2F)c1. The van der Waals surface area contributed by atoms with Crippen LogP contribution in [0.15, 0.2) is 42.5 Å². The first kappa shape index (κ1) is 21.2. The first-order chi connectivity index (χ1) is 13.2. The third kappa shape index (κ3) is 6.57. The van der Waals surface area contributed by atoms with Crippen LogP contribution in [-0.2, 0) is 20.9 Å². The topological polar surface area (TPSA) is 71.1 Å². The van der Waals surface area contributed by atoms with E-state index in [1.807, 2.05) is 0 Å². The van der Waals surface area contributed by atoms with Crippen molar-refractivity contribution in [3.05, 3.63) is 59.4 Å². The Kier molecular flexibility index (Phi) is 6.98. The monoisotopic (exact) mass is 390 g/mol. The summed E-state index contributed by atoms with van der Waals surface area (Å²) in [5.74, 6) is -1.06. The van der Waals surface area contributed by atoms with Gasteiger partial charge in [-0.2, -0.15) is 0 Å². The molecule has 0 aliphatic heterocycles. The Balaban J connectivity index is 2.14. The summed E-state index contributed by atoms with van der Waals surface area (Å²) >= 11 is 0. The fraction of sp³-hybridized carbons (Fsp3) is 0.333. The van der Waals surface area contributed by atoms with Crippen molar-refractivity contribution in [1.82, 2.24) is 0 Å². The van der Waals surface area contributed by atoms with Gasteiger partial charge in [0, 0.05) is 11.6 Å². The van der Waals surface area contributed by atoms with Gasteiger partial charge in [0.2, 0.25) is 0 Å². The maximum Gasteiger partial charge on any atom is 0.344 e. The second-order valence-electron chi connectivity index (χ2n) is 6.94. The molecule has 0 bridgehead atoms. The molecule has 7 heteroatoms. The van der Waals surface area contributed by atoms with Crippen LogP contribution in [0.5, 0.6) is 11.5 Å². The Bertz CT molecular complexity index is 841. The third-order valence-electron chi connectivity index (χ3n) is 3.43. The molecule has 0 saturated carbocycles. The van der Waals surface area contributed by atoms with Gasteiger partial charge in [0.25, 0.3) is 0 Å². The molecule has 0 fully saturated rings. The predicted octanol–water partition coefficient (Wildman–Crippen LogP) is 3.91. The molecule has 2 aromatic carbocycles. The average Bonchev–Trinajstić information content (AvgIpc) is 2.63. The Morgan fingerprint density at radius 2 is 1.64 bits per heavy atom. The molecule has 2 aromatic rings. The van der Waals surface area contributed by atoms with Gasteiger partial charge in [0.15, 0.2) is 6.61 Å². The summed E-state index contributed by atoms with van der Waals surface area (Å²) in [5.41, 5.74) is -0.0996. The highest BCUT2D eigenvalue weighted by molar-refractivity contribution is 5.90. The molecular formula is C21H23FO6. The zero-order valence-electron chi connectivity index (χ0n) is 16.3. The molecule has 0 heterocycles. The van der Waals surface area contributed by atoms with E-state index in [-0.39, 0.29) is 30.3 Å². The smallest absolute Gasteiger partial charge is 0.344 e. The zero-order chi connectivity index (χ0) is 20.7. The number of hydrogen-bond donors (Lipinski definition) is 0. The molecule has 0 aromatic heterocycles. The van der Waals surface area contributed by atoms with Crippen LogP contribution in [0.1, 0.15) is 36.7 Å². The lowest BCUT2D eigenvalue weighted by molar-refractivity contribution is -0.157. The van der Waals surface area contributed by atoms with Crippen LogP contribution < -0.4 is 9.47 Å². The van der Waals surface area contributed by atoms with E-state index in [0.717, 1.165) is 0 Å². The molecule has 150 valence electrons. The van der Waals surface area contributed by atoms with Crippen molar-refractivity contribution in [1.29, 1.82) is 0 Å². The molecule has 0 amide bonds. The fourth-order valence-electron chi connectivity index (χ4n) is 2.26. The van der Waals surface area contributed by atoms with E-state index in [0.29, 0.717) is 5.56 Å². The number of rotatable bonds is 7. The van der Waals surface area contributed by atoms with Crippen molar-refractivity contribution in [3.8, 4) is 11.5 Å². The van der Waals surface area contributed by atoms with Gasteiger partial charge in [-0.05, 0) is 39.0 Å². The van der Waals surface area contributed by atoms with Crippen molar-refractivity contribution in [2.45, 2.75) is 33.0 Å². The highest BCUT2D eigenvalue weighted by Gasteiger charge is 2.17. The van der Waals surface area contributed by atoms with E-state index in [2.05, 4.69) is 0 Å². The molecule has 0 radical (unpaired) electrons. The summed E-state index contributed by atoms with van der Waals surface area (Å²) in [6, 6.07) is 10.6. The number of hydrogen-bond acceptors (Lipinski definition) is 6. The van der Waals surface area contributed by atoms with Gasteiger partial charge in [-0.15, -0.1) is 0 Å². The molecule has 0 unspecified atom stereocenters. The molecule has 28 heavy (non-hydrogen) atoms. The van der Waals surface area contributed by atoms with Crippen LogP contribution in [-0.4, -0.2) is 31.3 Å². The number of methoxy groups -OCH3 is 1. The van der Waals surface area contributed by atoms with Gasteiger partial charge in [0.1, 0.15) is 29.5 Å². The van der Waals surface area contributed by atoms with Crippen molar-refractivity contribution in [2.75, 3.05) is 13.7 Å². The van der Waals surface area contributed by atoms with Crippen LogP contribution in [0.3, 0.4) is 0 Å². The van der Waals surface area contributed by atoms with E-state index < -0.39 is 23.4 Å². The average molecular weight is 390 g/mol. The Morgan fingerprint density at radius 3 is 2.25 bits per heavy atom. The normalized spacial score (nSPS) is 10.9. The minimum atomic E-state index is -0.637. The molecule has 0 spiro atoms. The Morgan fingerprint density at radius 1 is 1.00 bits per heavy atom. The minimum absolute atomic E-state index is 0.0389. The van der Waals surface area contributed by atoms with E-state index >= 15 is 0 Å². The number of carbonyl (C=O) groups excluding carboxylic acids is 2. The summed E-state index contributed by atoms with van der Waals surface area (Å²) in [6.07, 6.45) is 0. The second-order valence-corrected chi connectivity index (χ2v) is 6.94. The van der Waals surface area contributed by atoms with Gasteiger partial charge in [-0.25, -0.2) is 14.0 Å². The van der Waals surface area contributed by atoms with Crippen LogP contribution in [0.25, 0.3) is 0 Å². The molecule has 0 atom stereocenters. The molecule has 6 nitrogen and oxygen atoms in total. The quantitative estimate of drug-likeness (QED) is 0.668. The lowest BCUT2D eigenvalue weighted by atomic mass is 10.2. The van der Waals surface area contributed by atoms with Crippen molar-refractivity contribution >= 4 is 11.9 Å². The molecule has 0 saturated heterocycles. The number of esters is 2. The van der Waals surface area contributed by atoms with E-state index in [9.17, 15) is 14.0 Å². The van der Waals surface area contributed by atoms with Crippen LogP contribution in [0, 0.1) is 5.82 Å². The van der Waals surface area contributed by atoms with Gasteiger partial charge < -0.3 is 18.9 Å². The van der Waals surface area contributed by atoms with Crippen LogP contribution in [0.4, 0.5) is 4.39 Å². The van der Waals surface area contributed by atoms with Gasteiger partial charge >= 0.3 is 11.9 Å². The molecule has 0 N–H and O–H groups in total. The number of ether oxygens (including phenoxy) is 4. The Hall–Kier alpha value is -3.09. The van der Waals surface area contributed by atoms with Crippen molar-refractivity contribution in [3.63, 3.8) is 0 Å². The van der Waals surface area contributed by atoms with E-state index in [1.165, 1.54) is 31.4 Å². The minimum Gasteiger partial charge on any atom is -0.489 e. The van der Waals surface area contributed by atoms with Gasteiger partial charge in [0.05, 0.1) is 12.7 Å². The summed E-state index contributed by atoms with van der Waals surface area (Å²) in [5, 5.41) is 0. The number of benzene rings is 2. The molecular weight excluding hydrogens is 367 g/mol. The van der Waals surface area contributed by atoms with E-state index in [4.69, 9.17) is 18.9 Å². The first-order valence-corrected chi connectivity index (χ1v) is 8.62. The molecule has 0 aliphatic carbocycles. The second kappa shape index (κ2) is 9.21. The standard InChI is InChI=1S/C21H23FO6/c1-21(2,3)28-19(23)13-27-17-10-15(20(24)25-4)9-16(11-17)26-12-14-7-5-6-8-18(14)22/h5-11H,12-13H2,1-4H3. The zero-order valence-corrected chi connectivity index (χ0v) is 16.3. The Labute approximate surface area is 163 Å². The fourth-order valence-corrected chi connectivity index (χ4v) is 2.26. The summed E-state index contributed by atoms with van der Waals surface area (Å²) < 4.78 is 34.7.